The number of aryl methyl sites for hydroxylation is 3. The molecule has 3 amide bonds. The summed E-state index contributed by atoms with van der Waals surface area (Å²) in [4.78, 5) is 109. The molecule has 12 aromatic rings. The lowest BCUT2D eigenvalue weighted by Crippen LogP contribution is -2.47. The van der Waals surface area contributed by atoms with E-state index >= 15 is 0 Å². The van der Waals surface area contributed by atoms with Crippen LogP contribution in [0, 0.1) is 17.8 Å². The molecule has 0 radical (unpaired) electrons. The Labute approximate surface area is 762 Å². The Kier molecular flexibility index (Phi) is 30.9. The summed E-state index contributed by atoms with van der Waals surface area (Å²) in [7, 11) is 0. The predicted molar refractivity (Wildman–Crippen MR) is 494 cm³/mol. The van der Waals surface area contributed by atoms with Gasteiger partial charge in [-0.3, -0.25) is 47.5 Å². The number of carbonyl (C=O) groups excluding carboxylic acids is 3. The van der Waals surface area contributed by atoms with Crippen molar-refractivity contribution in [2.75, 3.05) is 78.5 Å². The second-order valence-electron chi connectivity index (χ2n) is 32.5. The average Bonchev–Trinajstić information content (AvgIpc) is 0.945. The van der Waals surface area contributed by atoms with E-state index in [0.717, 1.165) is 41.1 Å². The highest BCUT2D eigenvalue weighted by Gasteiger charge is 2.36. The van der Waals surface area contributed by atoms with Crippen molar-refractivity contribution in [2.24, 2.45) is 17.8 Å². The first-order valence-electron chi connectivity index (χ1n) is 42.3. The van der Waals surface area contributed by atoms with Crippen molar-refractivity contribution in [1.82, 2.24) is 64.3 Å². The third-order valence-electron chi connectivity index (χ3n) is 22.1. The molecule has 3 aliphatic rings. The van der Waals surface area contributed by atoms with Gasteiger partial charge >= 0.3 is 12.4 Å². The van der Waals surface area contributed by atoms with E-state index in [1.54, 1.807) is 106 Å². The third-order valence-corrected chi connectivity index (χ3v) is 25.5. The molecule has 10 heterocycles. The molecule has 0 bridgehead atoms. The van der Waals surface area contributed by atoms with Crippen molar-refractivity contribution < 1.29 is 49.5 Å². The van der Waals surface area contributed by atoms with E-state index in [-0.39, 0.29) is 68.8 Å². The molecule has 0 atom stereocenters. The Morgan fingerprint density at radius 2 is 0.719 bits per heavy atom. The quantitative estimate of drug-likeness (QED) is 0.0539. The number of nitrogens with zero attached hydrogens (tertiary/aromatic N) is 10. The number of hydrogen-bond acceptors (Lipinski definition) is 16. The molecule has 3 saturated heterocycles. The fourth-order valence-electron chi connectivity index (χ4n) is 15.7. The minimum atomic E-state index is -4.56. The number of thiazole rings is 3. The predicted octanol–water partition coefficient (Wildman–Crippen LogP) is 20.6. The normalized spacial score (nSPS) is 13.9. The van der Waals surface area contributed by atoms with Gasteiger partial charge in [0.2, 0.25) is 0 Å². The van der Waals surface area contributed by atoms with Crippen LogP contribution in [0.25, 0.3) is 82.5 Å². The molecule has 128 heavy (non-hydrogen) atoms. The number of nitrogens with one attached hydrogen (secondary N) is 3. The molecular weight excluding hydrogens is 1770 g/mol. The fourth-order valence-corrected chi connectivity index (χ4v) is 18.7. The average molecular weight is 1870 g/mol. The van der Waals surface area contributed by atoms with Gasteiger partial charge in [0.05, 0.1) is 73.1 Å². The molecule has 7 aromatic heterocycles. The highest BCUT2D eigenvalue weighted by atomic mass is 35.5. The van der Waals surface area contributed by atoms with Crippen molar-refractivity contribution in [3.05, 3.63) is 269 Å². The fraction of sp³-hybridized carbons (Fsp3) is 0.347. The van der Waals surface area contributed by atoms with E-state index in [1.165, 1.54) is 64.3 Å². The van der Waals surface area contributed by atoms with Crippen LogP contribution in [-0.4, -0.2) is 145 Å². The van der Waals surface area contributed by atoms with Gasteiger partial charge in [0, 0.05) is 155 Å². The molecule has 672 valence electrons. The second-order valence-corrected chi connectivity index (χ2v) is 36.4. The molecule has 0 aliphatic carbocycles. The summed E-state index contributed by atoms with van der Waals surface area (Å²) in [6.45, 7) is 25.7. The van der Waals surface area contributed by atoms with Gasteiger partial charge in [-0.1, -0.05) is 152 Å². The minimum Gasteiger partial charge on any atom is -0.336 e. The van der Waals surface area contributed by atoms with Crippen LogP contribution in [0.5, 0.6) is 0 Å². The van der Waals surface area contributed by atoms with Crippen LogP contribution in [0.4, 0.5) is 35.1 Å². The highest BCUT2D eigenvalue weighted by Crippen LogP contribution is 2.39. The monoisotopic (exact) mass is 1870 g/mol. The third kappa shape index (κ3) is 21.8. The van der Waals surface area contributed by atoms with Crippen LogP contribution in [0.3, 0.4) is 0 Å². The topological polar surface area (TPSA) is 215 Å². The van der Waals surface area contributed by atoms with Crippen molar-refractivity contribution in [3.8, 4) is 82.5 Å². The summed E-state index contributed by atoms with van der Waals surface area (Å²) < 4.78 is 109. The number of aromatic nitrogens is 7. The molecule has 15 rings (SSSR count). The largest absolute Gasteiger partial charge is 0.433 e. The number of piperazine rings is 3. The Hall–Kier alpha value is -10.4. The van der Waals surface area contributed by atoms with Crippen LogP contribution in [0.1, 0.15) is 150 Å². The van der Waals surface area contributed by atoms with Crippen LogP contribution >= 0.6 is 68.8 Å². The van der Waals surface area contributed by atoms with Gasteiger partial charge in [-0.15, -0.1) is 34.0 Å². The molecule has 3 aliphatic heterocycles. The van der Waals surface area contributed by atoms with Gasteiger partial charge in [0.1, 0.15) is 20.7 Å². The number of halogens is 11. The lowest BCUT2D eigenvalue weighted by molar-refractivity contribution is -0.141. The standard InChI is InChI=1S/C32H32ClF3N4O2S.C32H33ClF2N4O2S.C31H31ClF3N5O2S/c1-4-20-7-10-23(33)16-27(20)40-28(15-19(2)3)24(30(41)39-13-11-37-12-14-39)17-25(31(40)42)29-38-26(18-43-29)21-5-8-22(9-6-21)32(34,35)36;1-4-20-9-10-23(33)16-27(20)39-28(15-19(2)3)24(31(40)38-13-11-36-12-14-38)17-25(32(39)41)30-37-26(18-42-30)21-5-7-22(8-6-21)29(34)35;1-4-19-5-7-21(32)14-25(19)40-26(13-18(2)3)22(29(41)39-11-9-36-10-12-39)15-23(30(40)42)28-38-24(17-43-28)20-6-8-27(37-16-20)31(33,34)35/h5-10,16-19,37H,4,11-15H2,1-3H3;5-10,16-19,29,36H,4,11-15H2,1-3H3;5-8,14-18,36H,4,9-13H2,1-3H3. The van der Waals surface area contributed by atoms with E-state index in [0.29, 0.717) is 237 Å². The van der Waals surface area contributed by atoms with Crippen LogP contribution < -0.4 is 32.6 Å². The zero-order valence-corrected chi connectivity index (χ0v) is 76.6. The molecule has 0 spiro atoms. The molecule has 0 unspecified atom stereocenters. The van der Waals surface area contributed by atoms with Crippen molar-refractivity contribution in [2.45, 2.75) is 120 Å². The summed E-state index contributed by atoms with van der Waals surface area (Å²) in [5.41, 5.74) is 8.72. The van der Waals surface area contributed by atoms with Crippen LogP contribution in [0.15, 0.2) is 170 Å². The molecular formula is C95H96Cl3F8N13O6S3. The van der Waals surface area contributed by atoms with Gasteiger partial charge < -0.3 is 30.7 Å². The molecule has 33 heteroatoms. The number of amides is 3. The molecule has 3 N–H and O–H groups in total. The van der Waals surface area contributed by atoms with Crippen LogP contribution in [-0.2, 0) is 50.9 Å². The van der Waals surface area contributed by atoms with Crippen molar-refractivity contribution in [1.29, 1.82) is 0 Å². The second kappa shape index (κ2) is 41.6. The van der Waals surface area contributed by atoms with Gasteiger partial charge in [-0.05, 0) is 152 Å². The first-order chi connectivity index (χ1) is 61.1. The van der Waals surface area contributed by atoms with E-state index in [2.05, 4.69) is 44.7 Å². The minimum absolute atomic E-state index is 0.0675. The molecule has 3 fully saturated rings. The Morgan fingerprint density at radius 1 is 0.414 bits per heavy atom. The van der Waals surface area contributed by atoms with Gasteiger partial charge in [-0.2, -0.15) is 26.3 Å². The number of alkyl halides is 8. The number of rotatable bonds is 22. The van der Waals surface area contributed by atoms with E-state index in [4.69, 9.17) is 39.8 Å². The SMILES string of the molecule is CCc1ccc(Cl)cc1-n1c(CC(C)C)c(C(=O)N2CCNCC2)cc(-c2nc(-c3ccc(C(F)(F)F)cc3)cs2)c1=O.CCc1ccc(Cl)cc1-n1c(CC(C)C)c(C(=O)N2CCNCC2)cc(-c2nc(-c3ccc(C(F)(F)F)nc3)cs2)c1=O.CCc1ccc(Cl)cc1-n1c(CC(C)C)c(C(=O)N2CCNCC2)cc(-c2nc(-c3ccc(C(F)F)cc3)cs2)c1=O. The molecule has 5 aromatic carbocycles. The Morgan fingerprint density at radius 3 is 0.992 bits per heavy atom. The summed E-state index contributed by atoms with van der Waals surface area (Å²) in [6.07, 6.45) is -7.04. The summed E-state index contributed by atoms with van der Waals surface area (Å²) >= 11 is 23.0. The number of carbonyl (C=O) groups is 3. The number of benzene rings is 5. The molecule has 0 saturated carbocycles. The van der Waals surface area contributed by atoms with E-state index < -0.39 is 30.0 Å². The summed E-state index contributed by atoms with van der Waals surface area (Å²) in [5, 5.41) is 17.6. The lowest BCUT2D eigenvalue weighted by Gasteiger charge is -2.29. The first kappa shape index (κ1) is 95.2. The maximum Gasteiger partial charge on any atom is 0.433 e. The summed E-state index contributed by atoms with van der Waals surface area (Å²) in [6, 6.07) is 34.2. The highest BCUT2D eigenvalue weighted by molar-refractivity contribution is 7.14. The Bertz CT molecular complexity index is 5960. The Balaban J connectivity index is 0.000000164. The van der Waals surface area contributed by atoms with Crippen molar-refractivity contribution >= 4 is 86.5 Å². The number of pyridine rings is 4. The van der Waals surface area contributed by atoms with Gasteiger partial charge in [0.25, 0.3) is 40.8 Å². The van der Waals surface area contributed by atoms with E-state index in [9.17, 15) is 63.9 Å². The maximum absolute atomic E-state index is 14.4. The van der Waals surface area contributed by atoms with Crippen molar-refractivity contribution in [3.63, 3.8) is 0 Å². The summed E-state index contributed by atoms with van der Waals surface area (Å²) in [5.74, 6) is -0.0114. The number of hydrogen-bond donors (Lipinski definition) is 3. The first-order valence-corrected chi connectivity index (χ1v) is 46.1. The lowest BCUT2D eigenvalue weighted by atomic mass is 9.98. The maximum atomic E-state index is 14.4. The van der Waals surface area contributed by atoms with E-state index in [1.807, 2.05) is 71.6 Å². The van der Waals surface area contributed by atoms with Gasteiger partial charge in [0.15, 0.2) is 0 Å². The van der Waals surface area contributed by atoms with Gasteiger partial charge in [-0.25, -0.2) is 23.7 Å². The zero-order valence-electron chi connectivity index (χ0n) is 71.9. The zero-order chi connectivity index (χ0) is 91.7. The smallest absolute Gasteiger partial charge is 0.336 e. The van der Waals surface area contributed by atoms with Crippen LogP contribution in [0.2, 0.25) is 15.1 Å². The molecule has 19 nitrogen and oxygen atoms in total.